The molecule has 10 heteroatoms. The number of benzene rings is 1. The minimum atomic E-state index is -5.22. The summed E-state index contributed by atoms with van der Waals surface area (Å²) in [7, 11) is 0. The lowest BCUT2D eigenvalue weighted by molar-refractivity contribution is -0.206. The molecule has 1 saturated heterocycles. The molecule has 0 bridgehead atoms. The second kappa shape index (κ2) is 9.48. The standard InChI is InChI=1S/C20H20F4N2O4/c1-2-3-4-12-10-28-18(29-11-12)14-8-25-17(26-9-14)13-5-6-16(15(21)7-13)30-19(27)20(22,23)24/h5-9,12,18H,2-4,10-11H2,1H3. The maximum Gasteiger partial charge on any atom is 0.491 e. The topological polar surface area (TPSA) is 70.5 Å². The van der Waals surface area contributed by atoms with Crippen molar-refractivity contribution in [3.8, 4) is 17.1 Å². The Kier molecular flexibility index (Phi) is 6.99. The van der Waals surface area contributed by atoms with Crippen LogP contribution < -0.4 is 4.74 Å². The predicted octanol–water partition coefficient (Wildman–Crippen LogP) is 4.60. The second-order valence-electron chi connectivity index (χ2n) is 6.88. The molecule has 30 heavy (non-hydrogen) atoms. The SMILES string of the molecule is CCCCC1COC(c2cnc(-c3ccc(OC(=O)C(F)(F)F)c(F)c3)nc2)OC1. The van der Waals surface area contributed by atoms with Crippen LogP contribution in [0.1, 0.15) is 38.0 Å². The van der Waals surface area contributed by atoms with E-state index in [0.29, 0.717) is 24.7 Å². The summed E-state index contributed by atoms with van der Waals surface area (Å²) in [4.78, 5) is 19.1. The third kappa shape index (κ3) is 5.51. The van der Waals surface area contributed by atoms with Gasteiger partial charge in [-0.15, -0.1) is 0 Å². The number of unbranched alkanes of at least 4 members (excludes halogenated alkanes) is 1. The molecule has 0 spiro atoms. The Morgan fingerprint density at radius 3 is 2.43 bits per heavy atom. The first-order valence-electron chi connectivity index (χ1n) is 9.42. The monoisotopic (exact) mass is 428 g/mol. The summed E-state index contributed by atoms with van der Waals surface area (Å²) in [6.45, 7) is 3.28. The van der Waals surface area contributed by atoms with E-state index in [0.717, 1.165) is 31.4 Å². The van der Waals surface area contributed by atoms with Gasteiger partial charge in [-0.2, -0.15) is 13.2 Å². The molecule has 0 aliphatic carbocycles. The van der Waals surface area contributed by atoms with Crippen LogP contribution in [0.2, 0.25) is 0 Å². The molecular weight excluding hydrogens is 408 g/mol. The Morgan fingerprint density at radius 1 is 1.20 bits per heavy atom. The number of hydrogen-bond donors (Lipinski definition) is 0. The Hall–Kier alpha value is -2.59. The van der Waals surface area contributed by atoms with Crippen LogP contribution in [0.3, 0.4) is 0 Å². The first-order valence-corrected chi connectivity index (χ1v) is 9.42. The predicted molar refractivity (Wildman–Crippen MR) is 96.8 cm³/mol. The van der Waals surface area contributed by atoms with Crippen molar-refractivity contribution in [2.45, 2.75) is 38.7 Å². The highest BCUT2D eigenvalue weighted by molar-refractivity contribution is 5.78. The molecule has 0 N–H and O–H groups in total. The van der Waals surface area contributed by atoms with E-state index in [1.54, 1.807) is 0 Å². The summed E-state index contributed by atoms with van der Waals surface area (Å²) in [6.07, 6.45) is 0.426. The molecule has 2 heterocycles. The summed E-state index contributed by atoms with van der Waals surface area (Å²) in [5.41, 5.74) is 0.805. The van der Waals surface area contributed by atoms with Crippen LogP contribution in [0.4, 0.5) is 17.6 Å². The fourth-order valence-corrected chi connectivity index (χ4v) is 2.88. The molecule has 1 aromatic heterocycles. The van der Waals surface area contributed by atoms with Crippen LogP contribution in [-0.2, 0) is 14.3 Å². The molecular formula is C20H20F4N2O4. The second-order valence-corrected chi connectivity index (χ2v) is 6.88. The molecule has 2 aromatic rings. The number of hydrogen-bond acceptors (Lipinski definition) is 6. The van der Waals surface area contributed by atoms with E-state index in [9.17, 15) is 22.4 Å². The van der Waals surface area contributed by atoms with Gasteiger partial charge in [0.05, 0.1) is 13.2 Å². The summed E-state index contributed by atoms with van der Waals surface area (Å²) >= 11 is 0. The summed E-state index contributed by atoms with van der Waals surface area (Å²) in [6, 6.07) is 3.05. The number of rotatable bonds is 6. The van der Waals surface area contributed by atoms with Crippen LogP contribution in [0.15, 0.2) is 30.6 Å². The van der Waals surface area contributed by atoms with Crippen molar-refractivity contribution in [2.24, 2.45) is 5.92 Å². The maximum atomic E-state index is 14.0. The average Bonchev–Trinajstić information content (AvgIpc) is 2.73. The minimum Gasteiger partial charge on any atom is -0.417 e. The fourth-order valence-electron chi connectivity index (χ4n) is 2.88. The zero-order valence-electron chi connectivity index (χ0n) is 16.1. The van der Waals surface area contributed by atoms with Gasteiger partial charge in [-0.1, -0.05) is 19.8 Å². The highest BCUT2D eigenvalue weighted by atomic mass is 19.4. The van der Waals surface area contributed by atoms with Crippen LogP contribution in [-0.4, -0.2) is 35.3 Å². The highest BCUT2D eigenvalue weighted by Gasteiger charge is 2.41. The molecule has 0 atom stereocenters. The first-order chi connectivity index (χ1) is 14.3. The van der Waals surface area contributed by atoms with E-state index >= 15 is 0 Å². The molecule has 1 aliphatic rings. The van der Waals surface area contributed by atoms with Gasteiger partial charge in [0.25, 0.3) is 0 Å². The van der Waals surface area contributed by atoms with Gasteiger partial charge in [0.1, 0.15) is 0 Å². The molecule has 1 fully saturated rings. The van der Waals surface area contributed by atoms with Crippen LogP contribution >= 0.6 is 0 Å². The molecule has 6 nitrogen and oxygen atoms in total. The minimum absolute atomic E-state index is 0.142. The number of carbonyl (C=O) groups excluding carboxylic acids is 1. The molecule has 0 amide bonds. The van der Waals surface area contributed by atoms with E-state index in [-0.39, 0.29) is 11.4 Å². The van der Waals surface area contributed by atoms with Gasteiger partial charge >= 0.3 is 12.1 Å². The largest absolute Gasteiger partial charge is 0.491 e. The van der Waals surface area contributed by atoms with Crippen molar-refractivity contribution in [2.75, 3.05) is 13.2 Å². The van der Waals surface area contributed by atoms with Gasteiger partial charge < -0.3 is 14.2 Å². The Bertz CT molecular complexity index is 866. The number of esters is 1. The lowest BCUT2D eigenvalue weighted by Crippen LogP contribution is -2.28. The number of carbonyl (C=O) groups is 1. The van der Waals surface area contributed by atoms with Crippen molar-refractivity contribution >= 4 is 5.97 Å². The fraction of sp³-hybridized carbons (Fsp3) is 0.450. The normalized spacial score (nSPS) is 19.5. The van der Waals surface area contributed by atoms with E-state index < -0.39 is 30.0 Å². The van der Waals surface area contributed by atoms with Crippen molar-refractivity contribution in [3.05, 3.63) is 42.0 Å². The van der Waals surface area contributed by atoms with Crippen molar-refractivity contribution in [1.82, 2.24) is 9.97 Å². The van der Waals surface area contributed by atoms with Crippen molar-refractivity contribution in [3.63, 3.8) is 0 Å². The van der Waals surface area contributed by atoms with Crippen LogP contribution in [0, 0.1) is 11.7 Å². The van der Waals surface area contributed by atoms with Crippen molar-refractivity contribution < 1.29 is 36.6 Å². The third-order valence-electron chi connectivity index (χ3n) is 4.50. The Labute approximate surface area is 170 Å². The Morgan fingerprint density at radius 2 is 1.87 bits per heavy atom. The lowest BCUT2D eigenvalue weighted by atomic mass is 10.0. The van der Waals surface area contributed by atoms with E-state index in [2.05, 4.69) is 21.6 Å². The zero-order valence-corrected chi connectivity index (χ0v) is 16.1. The molecule has 0 radical (unpaired) electrons. The highest BCUT2D eigenvalue weighted by Crippen LogP contribution is 2.29. The molecule has 162 valence electrons. The Balaban J connectivity index is 1.64. The summed E-state index contributed by atoms with van der Waals surface area (Å²) in [5, 5.41) is 0. The summed E-state index contributed by atoms with van der Waals surface area (Å²) in [5.74, 6) is -3.98. The number of ether oxygens (including phenoxy) is 3. The van der Waals surface area contributed by atoms with Gasteiger partial charge in [-0.3, -0.25) is 0 Å². The first kappa shape index (κ1) is 22.1. The van der Waals surface area contributed by atoms with Crippen molar-refractivity contribution in [1.29, 1.82) is 0 Å². The van der Waals surface area contributed by atoms with E-state index in [1.165, 1.54) is 18.5 Å². The van der Waals surface area contributed by atoms with Gasteiger partial charge in [-0.25, -0.2) is 19.2 Å². The number of nitrogens with zero attached hydrogens (tertiary/aromatic N) is 2. The van der Waals surface area contributed by atoms with Gasteiger partial charge in [0.15, 0.2) is 23.7 Å². The molecule has 0 saturated carbocycles. The van der Waals surface area contributed by atoms with E-state index in [4.69, 9.17) is 9.47 Å². The number of alkyl halides is 3. The van der Waals surface area contributed by atoms with Gasteiger partial charge in [0.2, 0.25) is 0 Å². The van der Waals surface area contributed by atoms with Gasteiger partial charge in [0, 0.05) is 29.4 Å². The maximum absolute atomic E-state index is 14.0. The number of aromatic nitrogens is 2. The van der Waals surface area contributed by atoms with Crippen LogP contribution in [0.25, 0.3) is 11.4 Å². The molecule has 3 rings (SSSR count). The zero-order chi connectivity index (χ0) is 21.7. The van der Waals surface area contributed by atoms with E-state index in [1.807, 2.05) is 0 Å². The number of halogens is 4. The molecule has 1 aliphatic heterocycles. The van der Waals surface area contributed by atoms with Crippen LogP contribution in [0.5, 0.6) is 5.75 Å². The molecule has 1 aromatic carbocycles. The smallest absolute Gasteiger partial charge is 0.417 e. The lowest BCUT2D eigenvalue weighted by Gasteiger charge is -2.29. The quantitative estimate of drug-likeness (QED) is 0.380. The molecule has 0 unspecified atom stereocenters. The summed E-state index contributed by atoms with van der Waals surface area (Å²) < 4.78 is 66.2. The van der Waals surface area contributed by atoms with Gasteiger partial charge in [-0.05, 0) is 24.6 Å². The third-order valence-corrected chi connectivity index (χ3v) is 4.50. The average molecular weight is 428 g/mol.